The zero-order chi connectivity index (χ0) is 13.1. The van der Waals surface area contributed by atoms with Gasteiger partial charge >= 0.3 is 23.7 Å². The number of carbonyl (C=O) groups is 2. The predicted molar refractivity (Wildman–Crippen MR) is 44.2 cm³/mol. The van der Waals surface area contributed by atoms with E-state index in [4.69, 9.17) is 5.11 Å². The van der Waals surface area contributed by atoms with Crippen molar-refractivity contribution in [2.45, 2.75) is 31.7 Å². The largest absolute Gasteiger partial charge is 0.466 e. The van der Waals surface area contributed by atoms with E-state index in [9.17, 15) is 22.8 Å². The molecule has 8 heteroatoms. The number of methoxy groups -OCH3 is 1. The van der Waals surface area contributed by atoms with Crippen molar-refractivity contribution < 1.29 is 37.3 Å². The fourth-order valence-electron chi connectivity index (χ4n) is 0.762. The molecule has 1 N–H and O–H groups in total. The highest BCUT2D eigenvalue weighted by molar-refractivity contribution is 6.04. The normalized spacial score (nSPS) is 15.5. The molecule has 0 aliphatic rings. The van der Waals surface area contributed by atoms with Crippen molar-refractivity contribution in [1.29, 1.82) is 0 Å². The zero-order valence-electron chi connectivity index (χ0n) is 8.79. The molecule has 0 saturated carbocycles. The maximum atomic E-state index is 12.4. The highest BCUT2D eigenvalue weighted by Crippen LogP contribution is 2.32. The molecule has 0 amide bonds. The third kappa shape index (κ3) is 2.63. The molecule has 0 bridgehead atoms. The molecule has 0 heterocycles. The minimum atomic E-state index is -5.51. The molecule has 94 valence electrons. The van der Waals surface area contributed by atoms with Crippen LogP contribution in [0.25, 0.3) is 0 Å². The number of hydrogen-bond donors (Lipinski definition) is 1. The highest BCUT2D eigenvalue weighted by atomic mass is 19.4. The van der Waals surface area contributed by atoms with Crippen LogP contribution in [0.4, 0.5) is 13.2 Å². The van der Waals surface area contributed by atoms with E-state index in [-0.39, 0.29) is 0 Å². The second kappa shape index (κ2) is 4.69. The van der Waals surface area contributed by atoms with E-state index in [1.165, 1.54) is 13.8 Å². The van der Waals surface area contributed by atoms with E-state index >= 15 is 0 Å². The SMILES string of the molecule is COC(=O)C(O)(C(=O)OC(C)C)C(F)(F)F. The van der Waals surface area contributed by atoms with Crippen molar-refractivity contribution in [3.8, 4) is 0 Å². The predicted octanol–water partition coefficient (Wildman–Crippen LogP) is 0.404. The Labute approximate surface area is 89.1 Å². The number of esters is 2. The van der Waals surface area contributed by atoms with Crippen LogP contribution in [0.2, 0.25) is 0 Å². The molecule has 1 atom stereocenters. The van der Waals surface area contributed by atoms with Gasteiger partial charge in [-0.3, -0.25) is 0 Å². The minimum absolute atomic E-state index is 0.613. The van der Waals surface area contributed by atoms with Gasteiger partial charge in [0.2, 0.25) is 0 Å². The summed E-state index contributed by atoms with van der Waals surface area (Å²) in [6.45, 7) is 2.54. The number of ether oxygens (including phenoxy) is 2. The highest BCUT2D eigenvalue weighted by Gasteiger charge is 2.68. The molecular formula is C8H11F3O5. The lowest BCUT2D eigenvalue weighted by Gasteiger charge is -2.26. The number of aliphatic hydroxyl groups is 1. The van der Waals surface area contributed by atoms with Gasteiger partial charge in [0.25, 0.3) is 0 Å². The van der Waals surface area contributed by atoms with Crippen LogP contribution in [0.1, 0.15) is 13.8 Å². The summed E-state index contributed by atoms with van der Waals surface area (Å²) in [6.07, 6.45) is -6.42. The van der Waals surface area contributed by atoms with Crippen LogP contribution in [-0.2, 0) is 19.1 Å². The average molecular weight is 244 g/mol. The van der Waals surface area contributed by atoms with Crippen LogP contribution >= 0.6 is 0 Å². The van der Waals surface area contributed by atoms with Gasteiger partial charge in [-0.2, -0.15) is 13.2 Å². The third-order valence-electron chi connectivity index (χ3n) is 1.53. The summed E-state index contributed by atoms with van der Waals surface area (Å²) >= 11 is 0. The smallest absolute Gasteiger partial charge is 0.439 e. The van der Waals surface area contributed by atoms with Gasteiger partial charge in [0.05, 0.1) is 13.2 Å². The van der Waals surface area contributed by atoms with Crippen molar-refractivity contribution in [3.05, 3.63) is 0 Å². The van der Waals surface area contributed by atoms with E-state index in [2.05, 4.69) is 9.47 Å². The minimum Gasteiger partial charge on any atom is -0.466 e. The van der Waals surface area contributed by atoms with Crippen LogP contribution in [0.15, 0.2) is 0 Å². The first-order valence-corrected chi connectivity index (χ1v) is 4.16. The van der Waals surface area contributed by atoms with Crippen molar-refractivity contribution >= 4 is 11.9 Å². The van der Waals surface area contributed by atoms with Crippen LogP contribution in [0, 0.1) is 0 Å². The molecular weight excluding hydrogens is 233 g/mol. The van der Waals surface area contributed by atoms with Gasteiger partial charge < -0.3 is 14.6 Å². The lowest BCUT2D eigenvalue weighted by Crippen LogP contribution is -2.59. The number of halogens is 3. The molecule has 0 spiro atoms. The molecule has 0 aliphatic heterocycles. The van der Waals surface area contributed by atoms with Crippen molar-refractivity contribution in [2.24, 2.45) is 0 Å². The molecule has 0 aromatic rings. The Morgan fingerprint density at radius 1 is 1.19 bits per heavy atom. The molecule has 0 aromatic heterocycles. The monoisotopic (exact) mass is 244 g/mol. The van der Waals surface area contributed by atoms with Crippen LogP contribution in [-0.4, -0.2) is 42.0 Å². The van der Waals surface area contributed by atoms with Gasteiger partial charge in [-0.05, 0) is 13.8 Å². The molecule has 16 heavy (non-hydrogen) atoms. The summed E-state index contributed by atoms with van der Waals surface area (Å²) in [5.74, 6) is -4.24. The van der Waals surface area contributed by atoms with Gasteiger partial charge in [-0.25, -0.2) is 9.59 Å². The topological polar surface area (TPSA) is 72.8 Å². The maximum absolute atomic E-state index is 12.4. The Morgan fingerprint density at radius 3 is 1.88 bits per heavy atom. The van der Waals surface area contributed by atoms with E-state index in [1.54, 1.807) is 0 Å². The zero-order valence-corrected chi connectivity index (χ0v) is 8.79. The fraction of sp³-hybridized carbons (Fsp3) is 0.750. The molecule has 5 nitrogen and oxygen atoms in total. The first kappa shape index (κ1) is 14.7. The van der Waals surface area contributed by atoms with Crippen LogP contribution in [0.3, 0.4) is 0 Å². The average Bonchev–Trinajstić information content (AvgIpc) is 2.12. The second-order valence-corrected chi connectivity index (χ2v) is 3.15. The van der Waals surface area contributed by atoms with Gasteiger partial charge in [-0.1, -0.05) is 0 Å². The Hall–Kier alpha value is -1.31. The summed E-state index contributed by atoms with van der Waals surface area (Å²) in [6, 6.07) is 0. The fourth-order valence-corrected chi connectivity index (χ4v) is 0.762. The molecule has 0 aromatic carbocycles. The van der Waals surface area contributed by atoms with Gasteiger partial charge in [0.1, 0.15) is 0 Å². The summed E-state index contributed by atoms with van der Waals surface area (Å²) in [7, 11) is 0.613. The Bertz CT molecular complexity index is 286. The van der Waals surface area contributed by atoms with Gasteiger partial charge in [-0.15, -0.1) is 0 Å². The van der Waals surface area contributed by atoms with Gasteiger partial charge in [0.15, 0.2) is 0 Å². The number of alkyl halides is 3. The summed E-state index contributed by atoms with van der Waals surface area (Å²) in [4.78, 5) is 21.8. The lowest BCUT2D eigenvalue weighted by molar-refractivity contribution is -0.264. The van der Waals surface area contributed by atoms with Crippen LogP contribution < -0.4 is 0 Å². The Balaban J connectivity index is 5.26. The molecule has 0 rings (SSSR count). The van der Waals surface area contributed by atoms with Crippen LogP contribution in [0.5, 0.6) is 0 Å². The number of carbonyl (C=O) groups excluding carboxylic acids is 2. The standard InChI is InChI=1S/C8H11F3O5/c1-4(2)16-6(13)7(14,5(12)15-3)8(9,10)11/h4,14H,1-3H3. The van der Waals surface area contributed by atoms with Crippen molar-refractivity contribution in [2.75, 3.05) is 7.11 Å². The molecule has 0 saturated heterocycles. The first-order valence-electron chi connectivity index (χ1n) is 4.16. The number of hydrogen-bond acceptors (Lipinski definition) is 5. The summed E-state index contributed by atoms with van der Waals surface area (Å²) in [5.41, 5.74) is -4.29. The summed E-state index contributed by atoms with van der Waals surface area (Å²) < 4.78 is 45.1. The summed E-state index contributed by atoms with van der Waals surface area (Å²) in [5, 5.41) is 9.06. The van der Waals surface area contributed by atoms with Crippen molar-refractivity contribution in [3.63, 3.8) is 0 Å². The molecule has 0 aliphatic carbocycles. The quantitative estimate of drug-likeness (QED) is 0.574. The number of rotatable bonds is 3. The first-order chi connectivity index (χ1) is 7.07. The van der Waals surface area contributed by atoms with E-state index in [0.29, 0.717) is 7.11 Å². The maximum Gasteiger partial charge on any atom is 0.439 e. The Kier molecular flexibility index (Phi) is 4.30. The third-order valence-corrected chi connectivity index (χ3v) is 1.53. The van der Waals surface area contributed by atoms with Gasteiger partial charge in [0, 0.05) is 0 Å². The molecule has 0 radical (unpaired) electrons. The Morgan fingerprint density at radius 2 is 1.62 bits per heavy atom. The second-order valence-electron chi connectivity index (χ2n) is 3.15. The molecule has 1 unspecified atom stereocenters. The van der Waals surface area contributed by atoms with E-state index < -0.39 is 29.8 Å². The van der Waals surface area contributed by atoms with E-state index in [1.807, 2.05) is 0 Å². The van der Waals surface area contributed by atoms with E-state index in [0.717, 1.165) is 0 Å². The lowest BCUT2D eigenvalue weighted by atomic mass is 10.0. The molecule has 0 fully saturated rings. The van der Waals surface area contributed by atoms with Crippen molar-refractivity contribution in [1.82, 2.24) is 0 Å².